The predicted molar refractivity (Wildman–Crippen MR) is 95.8 cm³/mol. The van der Waals surface area contributed by atoms with Gasteiger partial charge in [-0.05, 0) is 42.2 Å². The fourth-order valence-electron chi connectivity index (χ4n) is 2.75. The largest absolute Gasteiger partial charge is 0.326 e. The number of para-hydroxylation sites is 1. The van der Waals surface area contributed by atoms with Crippen LogP contribution in [0.2, 0.25) is 0 Å². The highest BCUT2D eigenvalue weighted by molar-refractivity contribution is 6.03. The van der Waals surface area contributed by atoms with E-state index in [0.717, 1.165) is 5.69 Å². The Morgan fingerprint density at radius 1 is 0.960 bits per heavy atom. The molecule has 2 aromatic rings. The van der Waals surface area contributed by atoms with Crippen molar-refractivity contribution >= 4 is 23.2 Å². The van der Waals surface area contributed by atoms with Crippen LogP contribution in [-0.2, 0) is 9.59 Å². The molecule has 3 rings (SSSR count). The average molecular weight is 340 g/mol. The molecule has 0 spiro atoms. The molecular formula is C20H21FN2O2. The molecule has 25 heavy (non-hydrogen) atoms. The number of anilines is 2. The standard InChI is InChI=1S/C20H21FN2O2/c1-12(2)13-7-9-14(10-8-13)22-19(24)15-11-16(15)20(25)23-18-6-4-3-5-17(18)21/h3-10,12,15-16H,11H2,1-2H3,(H,22,24)(H,23,25). The number of rotatable bonds is 5. The molecule has 4 nitrogen and oxygen atoms in total. The van der Waals surface area contributed by atoms with Crippen LogP contribution < -0.4 is 10.6 Å². The molecule has 2 N–H and O–H groups in total. The van der Waals surface area contributed by atoms with Crippen LogP contribution in [0.25, 0.3) is 0 Å². The first kappa shape index (κ1) is 17.1. The van der Waals surface area contributed by atoms with Crippen LogP contribution in [0.1, 0.15) is 31.7 Å². The minimum absolute atomic E-state index is 0.142. The summed E-state index contributed by atoms with van der Waals surface area (Å²) in [6.07, 6.45) is 0.482. The molecule has 1 aliphatic rings. The molecule has 0 aromatic heterocycles. The molecule has 5 heteroatoms. The highest BCUT2D eigenvalue weighted by Crippen LogP contribution is 2.40. The van der Waals surface area contributed by atoms with E-state index < -0.39 is 11.7 Å². The van der Waals surface area contributed by atoms with Gasteiger partial charge in [-0.3, -0.25) is 9.59 Å². The zero-order chi connectivity index (χ0) is 18.0. The molecule has 0 radical (unpaired) electrons. The second-order valence-electron chi connectivity index (χ2n) is 6.68. The van der Waals surface area contributed by atoms with E-state index in [-0.39, 0.29) is 23.4 Å². The quantitative estimate of drug-likeness (QED) is 0.858. The van der Waals surface area contributed by atoms with E-state index in [0.29, 0.717) is 12.3 Å². The topological polar surface area (TPSA) is 58.2 Å². The number of benzene rings is 2. The van der Waals surface area contributed by atoms with Crippen LogP contribution >= 0.6 is 0 Å². The lowest BCUT2D eigenvalue weighted by atomic mass is 10.0. The maximum Gasteiger partial charge on any atom is 0.228 e. The molecule has 0 heterocycles. The second kappa shape index (κ2) is 7.05. The van der Waals surface area contributed by atoms with Crippen LogP contribution in [0, 0.1) is 17.7 Å². The van der Waals surface area contributed by atoms with Gasteiger partial charge in [0.1, 0.15) is 5.82 Å². The fourth-order valence-corrected chi connectivity index (χ4v) is 2.75. The highest BCUT2D eigenvalue weighted by atomic mass is 19.1. The number of carbonyl (C=O) groups excluding carboxylic acids is 2. The lowest BCUT2D eigenvalue weighted by Gasteiger charge is -2.09. The molecule has 1 aliphatic carbocycles. The molecule has 1 fully saturated rings. The lowest BCUT2D eigenvalue weighted by molar-refractivity contribution is -0.122. The van der Waals surface area contributed by atoms with E-state index in [1.165, 1.54) is 17.7 Å². The van der Waals surface area contributed by atoms with Crippen LogP contribution in [0.4, 0.5) is 15.8 Å². The van der Waals surface area contributed by atoms with Crippen molar-refractivity contribution in [3.63, 3.8) is 0 Å². The van der Waals surface area contributed by atoms with Crippen molar-refractivity contribution in [1.29, 1.82) is 0 Å². The Hall–Kier alpha value is -2.69. The number of hydrogen-bond acceptors (Lipinski definition) is 2. The van der Waals surface area contributed by atoms with E-state index in [1.807, 2.05) is 24.3 Å². The predicted octanol–water partition coefficient (Wildman–Crippen LogP) is 4.16. The summed E-state index contributed by atoms with van der Waals surface area (Å²) in [5.74, 6) is -1.32. The van der Waals surface area contributed by atoms with Gasteiger partial charge in [0.25, 0.3) is 0 Å². The van der Waals surface area contributed by atoms with Gasteiger partial charge in [0, 0.05) is 5.69 Å². The van der Waals surface area contributed by atoms with Gasteiger partial charge in [0.2, 0.25) is 11.8 Å². The fraction of sp³-hybridized carbons (Fsp3) is 0.300. The Morgan fingerprint density at radius 2 is 1.56 bits per heavy atom. The Morgan fingerprint density at radius 3 is 2.16 bits per heavy atom. The molecule has 2 unspecified atom stereocenters. The smallest absolute Gasteiger partial charge is 0.228 e. The summed E-state index contributed by atoms with van der Waals surface area (Å²) in [7, 11) is 0. The number of amides is 2. The summed E-state index contributed by atoms with van der Waals surface area (Å²) in [6.45, 7) is 4.22. The lowest BCUT2D eigenvalue weighted by Crippen LogP contribution is -2.21. The summed E-state index contributed by atoms with van der Waals surface area (Å²) in [6, 6.07) is 13.7. The monoisotopic (exact) mass is 340 g/mol. The summed E-state index contributed by atoms with van der Waals surface area (Å²) in [4.78, 5) is 24.4. The first-order valence-electron chi connectivity index (χ1n) is 8.42. The molecular weight excluding hydrogens is 319 g/mol. The molecule has 2 atom stereocenters. The van der Waals surface area contributed by atoms with Gasteiger partial charge in [-0.15, -0.1) is 0 Å². The number of halogens is 1. The van der Waals surface area contributed by atoms with Gasteiger partial charge < -0.3 is 10.6 Å². The van der Waals surface area contributed by atoms with Crippen LogP contribution in [0.3, 0.4) is 0 Å². The van der Waals surface area contributed by atoms with Crippen LogP contribution in [0.5, 0.6) is 0 Å². The number of hydrogen-bond donors (Lipinski definition) is 2. The van der Waals surface area contributed by atoms with E-state index >= 15 is 0 Å². The highest BCUT2D eigenvalue weighted by Gasteiger charge is 2.48. The van der Waals surface area contributed by atoms with Gasteiger partial charge in [-0.1, -0.05) is 38.1 Å². The third-order valence-electron chi connectivity index (χ3n) is 4.44. The Labute approximate surface area is 146 Å². The summed E-state index contributed by atoms with van der Waals surface area (Å²) in [5, 5.41) is 5.38. The summed E-state index contributed by atoms with van der Waals surface area (Å²) >= 11 is 0. The molecule has 2 amide bonds. The maximum atomic E-state index is 13.6. The summed E-state index contributed by atoms with van der Waals surface area (Å²) in [5.41, 5.74) is 2.06. The van der Waals surface area contributed by atoms with Crippen molar-refractivity contribution in [1.82, 2.24) is 0 Å². The van der Waals surface area contributed by atoms with E-state index in [2.05, 4.69) is 24.5 Å². The molecule has 0 aliphatic heterocycles. The van der Waals surface area contributed by atoms with Gasteiger partial charge in [-0.25, -0.2) is 4.39 Å². The molecule has 2 aromatic carbocycles. The van der Waals surface area contributed by atoms with Crippen molar-refractivity contribution in [3.05, 3.63) is 59.9 Å². The molecule has 130 valence electrons. The Balaban J connectivity index is 1.55. The minimum Gasteiger partial charge on any atom is -0.326 e. The van der Waals surface area contributed by atoms with E-state index in [4.69, 9.17) is 0 Å². The SMILES string of the molecule is CC(C)c1ccc(NC(=O)C2CC2C(=O)Nc2ccccc2F)cc1. The average Bonchev–Trinajstić information content (AvgIpc) is 3.38. The summed E-state index contributed by atoms with van der Waals surface area (Å²) < 4.78 is 13.6. The Kier molecular flexibility index (Phi) is 4.83. The van der Waals surface area contributed by atoms with Crippen LogP contribution in [0.15, 0.2) is 48.5 Å². The zero-order valence-corrected chi connectivity index (χ0v) is 14.3. The zero-order valence-electron chi connectivity index (χ0n) is 14.3. The van der Waals surface area contributed by atoms with Gasteiger partial charge in [-0.2, -0.15) is 0 Å². The minimum atomic E-state index is -0.484. The number of nitrogens with one attached hydrogen (secondary N) is 2. The normalized spacial score (nSPS) is 18.7. The van der Waals surface area contributed by atoms with Crippen molar-refractivity contribution in [2.45, 2.75) is 26.2 Å². The van der Waals surface area contributed by atoms with E-state index in [1.54, 1.807) is 12.1 Å². The van der Waals surface area contributed by atoms with Gasteiger partial charge in [0.15, 0.2) is 0 Å². The first-order chi connectivity index (χ1) is 12.0. The Bertz CT molecular complexity index is 787. The maximum absolute atomic E-state index is 13.6. The molecule has 0 bridgehead atoms. The third kappa shape index (κ3) is 4.05. The molecule has 0 saturated heterocycles. The van der Waals surface area contributed by atoms with Crippen molar-refractivity contribution in [2.75, 3.05) is 10.6 Å². The second-order valence-corrected chi connectivity index (χ2v) is 6.68. The first-order valence-corrected chi connectivity index (χ1v) is 8.42. The van der Waals surface area contributed by atoms with E-state index in [9.17, 15) is 14.0 Å². The molecule has 1 saturated carbocycles. The number of carbonyl (C=O) groups is 2. The van der Waals surface area contributed by atoms with Crippen LogP contribution in [-0.4, -0.2) is 11.8 Å². The van der Waals surface area contributed by atoms with Gasteiger partial charge >= 0.3 is 0 Å². The van der Waals surface area contributed by atoms with Gasteiger partial charge in [0.05, 0.1) is 17.5 Å². The van der Waals surface area contributed by atoms with Crippen molar-refractivity contribution in [2.24, 2.45) is 11.8 Å². The third-order valence-corrected chi connectivity index (χ3v) is 4.44. The van der Waals surface area contributed by atoms with Crippen molar-refractivity contribution in [3.8, 4) is 0 Å². The van der Waals surface area contributed by atoms with Crippen molar-refractivity contribution < 1.29 is 14.0 Å².